The number of benzene rings is 1. The monoisotopic (exact) mass is 248 g/mol. The molecule has 0 saturated carbocycles. The lowest BCUT2D eigenvalue weighted by molar-refractivity contribution is -0.121. The molecule has 0 aromatic heterocycles. The summed E-state index contributed by atoms with van der Waals surface area (Å²) in [5.74, 6) is 0.438. The van der Waals surface area contributed by atoms with Crippen LogP contribution in [0, 0.1) is 6.92 Å². The van der Waals surface area contributed by atoms with Gasteiger partial charge in [0.2, 0.25) is 5.91 Å². The molecule has 0 heterocycles. The van der Waals surface area contributed by atoms with E-state index in [-0.39, 0.29) is 5.91 Å². The third-order valence-corrected chi connectivity index (χ3v) is 3.37. The fourth-order valence-electron chi connectivity index (χ4n) is 1.53. The van der Waals surface area contributed by atoms with E-state index in [1.54, 1.807) is 7.05 Å². The Morgan fingerprint density at radius 2 is 1.89 bits per heavy atom. The Labute approximate surface area is 110 Å². The van der Waals surface area contributed by atoms with Crippen LogP contribution in [0.1, 0.15) is 44.7 Å². The third kappa shape index (κ3) is 3.33. The average molecular weight is 248 g/mol. The summed E-state index contributed by atoms with van der Waals surface area (Å²) in [6.07, 6.45) is 0. The molecule has 3 heteroatoms. The molecule has 0 aliphatic heterocycles. The normalized spacial score (nSPS) is 11.7. The van der Waals surface area contributed by atoms with Crippen LogP contribution in [0.5, 0.6) is 0 Å². The largest absolute Gasteiger partial charge is 0.324 e. The van der Waals surface area contributed by atoms with Gasteiger partial charge in [-0.05, 0) is 50.9 Å². The van der Waals surface area contributed by atoms with Gasteiger partial charge in [-0.15, -0.1) is 0 Å². The molecule has 0 aliphatic carbocycles. The Hall–Kier alpha value is -1.35. The number of carbonyl (C=O) groups is 1. The fourth-order valence-corrected chi connectivity index (χ4v) is 1.53. The van der Waals surface area contributed by atoms with Gasteiger partial charge in [0.1, 0.15) is 0 Å². The molecular formula is C15H24N2O. The van der Waals surface area contributed by atoms with Gasteiger partial charge in [-0.1, -0.05) is 26.0 Å². The van der Waals surface area contributed by atoms with Crippen LogP contribution in [0.15, 0.2) is 18.2 Å². The summed E-state index contributed by atoms with van der Waals surface area (Å²) >= 11 is 0. The van der Waals surface area contributed by atoms with Gasteiger partial charge < -0.3 is 10.6 Å². The van der Waals surface area contributed by atoms with Gasteiger partial charge >= 0.3 is 0 Å². The number of nitrogens with one attached hydrogen (secondary N) is 2. The first kappa shape index (κ1) is 14.7. The van der Waals surface area contributed by atoms with Crippen molar-refractivity contribution < 1.29 is 4.79 Å². The first-order chi connectivity index (χ1) is 8.27. The van der Waals surface area contributed by atoms with Crippen molar-refractivity contribution in [1.29, 1.82) is 0 Å². The van der Waals surface area contributed by atoms with E-state index in [1.807, 2.05) is 20.8 Å². The minimum Gasteiger partial charge on any atom is -0.324 e. The maximum absolute atomic E-state index is 12.1. The molecule has 0 bridgehead atoms. The number of hydrogen-bond acceptors (Lipinski definition) is 2. The van der Waals surface area contributed by atoms with Crippen molar-refractivity contribution in [2.24, 2.45) is 0 Å². The molecule has 0 unspecified atom stereocenters. The first-order valence-electron chi connectivity index (χ1n) is 6.39. The van der Waals surface area contributed by atoms with E-state index >= 15 is 0 Å². The molecule has 18 heavy (non-hydrogen) atoms. The van der Waals surface area contributed by atoms with Crippen LogP contribution in [0.4, 0.5) is 5.69 Å². The average Bonchev–Trinajstić information content (AvgIpc) is 2.31. The summed E-state index contributed by atoms with van der Waals surface area (Å²) in [5.41, 5.74) is 2.65. The smallest absolute Gasteiger partial charge is 0.244 e. The van der Waals surface area contributed by atoms with Crippen molar-refractivity contribution in [3.8, 4) is 0 Å². The molecule has 0 radical (unpaired) electrons. The lowest BCUT2D eigenvalue weighted by atomic mass is 9.99. The summed E-state index contributed by atoms with van der Waals surface area (Å²) in [7, 11) is 1.79. The van der Waals surface area contributed by atoms with Gasteiger partial charge in [0, 0.05) is 5.69 Å². The van der Waals surface area contributed by atoms with Crippen molar-refractivity contribution in [2.45, 2.75) is 46.1 Å². The van der Waals surface area contributed by atoms with Gasteiger partial charge in [0.15, 0.2) is 0 Å². The van der Waals surface area contributed by atoms with Crippen molar-refractivity contribution in [3.05, 3.63) is 29.3 Å². The lowest BCUT2D eigenvalue weighted by Gasteiger charge is -2.23. The van der Waals surface area contributed by atoms with E-state index in [2.05, 4.69) is 42.7 Å². The number of amides is 1. The van der Waals surface area contributed by atoms with Crippen LogP contribution in [-0.2, 0) is 4.79 Å². The van der Waals surface area contributed by atoms with Crippen LogP contribution in [0.3, 0.4) is 0 Å². The molecule has 0 spiro atoms. The summed E-state index contributed by atoms with van der Waals surface area (Å²) in [4.78, 5) is 12.1. The summed E-state index contributed by atoms with van der Waals surface area (Å²) in [6, 6.07) is 6.22. The Bertz CT molecular complexity index is 436. The molecule has 2 N–H and O–H groups in total. The topological polar surface area (TPSA) is 41.1 Å². The van der Waals surface area contributed by atoms with Crippen LogP contribution in [0.2, 0.25) is 0 Å². The molecule has 1 amide bonds. The molecule has 0 atom stereocenters. The standard InChI is InChI=1S/C15H24N2O/c1-10(2)12-8-7-11(3)13(9-12)17-14(18)15(4,5)16-6/h7-10,16H,1-6H3,(H,17,18). The lowest BCUT2D eigenvalue weighted by Crippen LogP contribution is -2.48. The fraction of sp³-hybridized carbons (Fsp3) is 0.533. The molecule has 0 fully saturated rings. The van der Waals surface area contributed by atoms with Gasteiger partial charge in [-0.2, -0.15) is 0 Å². The van der Waals surface area contributed by atoms with Crippen LogP contribution < -0.4 is 10.6 Å². The highest BCUT2D eigenvalue weighted by atomic mass is 16.2. The summed E-state index contributed by atoms with van der Waals surface area (Å²) < 4.78 is 0. The summed E-state index contributed by atoms with van der Waals surface area (Å²) in [6.45, 7) is 10.0. The maximum Gasteiger partial charge on any atom is 0.244 e. The van der Waals surface area contributed by atoms with Crippen LogP contribution in [0.25, 0.3) is 0 Å². The molecule has 0 saturated heterocycles. The Morgan fingerprint density at radius 1 is 1.28 bits per heavy atom. The zero-order valence-corrected chi connectivity index (χ0v) is 12.2. The minimum absolute atomic E-state index is 0.0194. The quantitative estimate of drug-likeness (QED) is 0.860. The Kier molecular flexibility index (Phi) is 4.52. The zero-order chi connectivity index (χ0) is 13.9. The van der Waals surface area contributed by atoms with Gasteiger partial charge in [0.25, 0.3) is 0 Å². The molecule has 0 aliphatic rings. The second kappa shape index (κ2) is 5.53. The highest BCUT2D eigenvalue weighted by Crippen LogP contribution is 2.23. The van der Waals surface area contributed by atoms with Crippen molar-refractivity contribution in [3.63, 3.8) is 0 Å². The number of aryl methyl sites for hydroxylation is 1. The molecule has 1 rings (SSSR count). The minimum atomic E-state index is -0.569. The highest BCUT2D eigenvalue weighted by Gasteiger charge is 2.25. The number of hydrogen-bond donors (Lipinski definition) is 2. The third-order valence-electron chi connectivity index (χ3n) is 3.37. The Morgan fingerprint density at radius 3 is 2.39 bits per heavy atom. The first-order valence-corrected chi connectivity index (χ1v) is 6.39. The van der Waals surface area contributed by atoms with E-state index in [9.17, 15) is 4.79 Å². The molecular weight excluding hydrogens is 224 g/mol. The van der Waals surface area contributed by atoms with Gasteiger partial charge in [0.05, 0.1) is 5.54 Å². The maximum atomic E-state index is 12.1. The molecule has 1 aromatic rings. The van der Waals surface area contributed by atoms with Gasteiger partial charge in [-0.3, -0.25) is 4.79 Å². The van der Waals surface area contributed by atoms with Crippen molar-refractivity contribution >= 4 is 11.6 Å². The predicted octanol–water partition coefficient (Wildman–Crippen LogP) is 3.05. The molecule has 100 valence electrons. The van der Waals surface area contributed by atoms with E-state index in [4.69, 9.17) is 0 Å². The zero-order valence-electron chi connectivity index (χ0n) is 12.2. The second-order valence-corrected chi connectivity index (χ2v) is 5.56. The van der Waals surface area contributed by atoms with Crippen molar-refractivity contribution in [1.82, 2.24) is 5.32 Å². The van der Waals surface area contributed by atoms with E-state index in [0.29, 0.717) is 5.92 Å². The highest BCUT2D eigenvalue weighted by molar-refractivity contribution is 5.98. The molecule has 3 nitrogen and oxygen atoms in total. The summed E-state index contributed by atoms with van der Waals surface area (Å²) in [5, 5.41) is 6.00. The second-order valence-electron chi connectivity index (χ2n) is 5.56. The molecule has 1 aromatic carbocycles. The van der Waals surface area contributed by atoms with E-state index in [0.717, 1.165) is 11.3 Å². The SMILES string of the molecule is CNC(C)(C)C(=O)Nc1cc(C(C)C)ccc1C. The van der Waals surface area contributed by atoms with Crippen molar-refractivity contribution in [2.75, 3.05) is 12.4 Å². The number of likely N-dealkylation sites (N-methyl/N-ethyl adjacent to an activating group) is 1. The van der Waals surface area contributed by atoms with E-state index < -0.39 is 5.54 Å². The van der Waals surface area contributed by atoms with Gasteiger partial charge in [-0.25, -0.2) is 0 Å². The number of rotatable bonds is 4. The van der Waals surface area contributed by atoms with E-state index in [1.165, 1.54) is 5.56 Å². The predicted molar refractivity (Wildman–Crippen MR) is 77.0 cm³/mol. The number of carbonyl (C=O) groups excluding carboxylic acids is 1. The Balaban J connectivity index is 2.97. The number of anilines is 1. The van der Waals surface area contributed by atoms with Crippen LogP contribution >= 0.6 is 0 Å². The van der Waals surface area contributed by atoms with Crippen LogP contribution in [-0.4, -0.2) is 18.5 Å².